The molecule has 0 saturated carbocycles. The molecule has 4 heteroatoms. The van der Waals surface area contributed by atoms with Crippen LogP contribution in [-0.2, 0) is 0 Å². The predicted octanol–water partition coefficient (Wildman–Crippen LogP) is 5.63. The Morgan fingerprint density at radius 2 is 1.52 bits per heavy atom. The molecule has 2 rings (SSSR count). The first-order valence-electron chi connectivity index (χ1n) is 6.65. The van der Waals surface area contributed by atoms with Crippen LogP contribution in [0.5, 0.6) is 0 Å². The fourth-order valence-corrected chi connectivity index (χ4v) is 3.80. The van der Waals surface area contributed by atoms with Crippen LogP contribution in [-0.4, -0.2) is 25.5 Å². The van der Waals surface area contributed by atoms with Crippen molar-refractivity contribution < 1.29 is 0 Å². The average Bonchev–Trinajstić information content (AvgIpc) is 2.48. The minimum atomic E-state index is 0.772. The van der Waals surface area contributed by atoms with Gasteiger partial charge in [-0.15, -0.1) is 0 Å². The number of thioether (sulfide) groups is 2. The second kappa shape index (κ2) is 8.54. The molecule has 0 unspecified atom stereocenters. The van der Waals surface area contributed by atoms with Gasteiger partial charge in [0.05, 0.1) is 0 Å². The van der Waals surface area contributed by atoms with Gasteiger partial charge in [-0.25, -0.2) is 0 Å². The summed E-state index contributed by atoms with van der Waals surface area (Å²) < 4.78 is 1.28. The van der Waals surface area contributed by atoms with Gasteiger partial charge < -0.3 is 4.90 Å². The molecule has 2 aromatic rings. The number of halogens is 1. The lowest BCUT2D eigenvalue weighted by molar-refractivity contribution is 0.456. The molecule has 0 N–H and O–H groups in total. The SMILES string of the molecule is CN(C)CC=C(Sc1ccccc1)Sc1ccc(Cl)cc1. The van der Waals surface area contributed by atoms with Crippen molar-refractivity contribution in [2.45, 2.75) is 9.79 Å². The van der Waals surface area contributed by atoms with E-state index in [-0.39, 0.29) is 0 Å². The van der Waals surface area contributed by atoms with Crippen LogP contribution in [0.25, 0.3) is 0 Å². The fraction of sp³-hybridized carbons (Fsp3) is 0.176. The summed E-state index contributed by atoms with van der Waals surface area (Å²) in [5.74, 6) is 0. The minimum absolute atomic E-state index is 0.772. The summed E-state index contributed by atoms with van der Waals surface area (Å²) in [6.45, 7) is 0.926. The van der Waals surface area contributed by atoms with Gasteiger partial charge in [-0.05, 0) is 56.6 Å². The highest BCUT2D eigenvalue weighted by atomic mass is 35.5. The predicted molar refractivity (Wildman–Crippen MR) is 96.2 cm³/mol. The molecule has 21 heavy (non-hydrogen) atoms. The smallest absolute Gasteiger partial charge is 0.0471 e. The first-order valence-corrected chi connectivity index (χ1v) is 8.66. The van der Waals surface area contributed by atoms with E-state index in [9.17, 15) is 0 Å². The number of rotatable bonds is 6. The van der Waals surface area contributed by atoms with E-state index in [2.05, 4.69) is 61.5 Å². The Bertz CT molecular complexity index is 579. The second-order valence-electron chi connectivity index (χ2n) is 4.76. The van der Waals surface area contributed by atoms with E-state index in [1.54, 1.807) is 23.5 Å². The molecule has 0 saturated heterocycles. The Morgan fingerprint density at radius 3 is 2.10 bits per heavy atom. The molecule has 0 heterocycles. The summed E-state index contributed by atoms with van der Waals surface area (Å²) in [5.41, 5.74) is 0. The monoisotopic (exact) mass is 335 g/mol. The van der Waals surface area contributed by atoms with E-state index >= 15 is 0 Å². The van der Waals surface area contributed by atoms with Crippen LogP contribution in [0.2, 0.25) is 5.02 Å². The molecule has 0 fully saturated rings. The van der Waals surface area contributed by atoms with Gasteiger partial charge in [0.15, 0.2) is 0 Å². The largest absolute Gasteiger partial charge is 0.306 e. The Kier molecular flexibility index (Phi) is 6.71. The van der Waals surface area contributed by atoms with E-state index < -0.39 is 0 Å². The van der Waals surface area contributed by atoms with E-state index in [1.165, 1.54) is 14.0 Å². The molecular weight excluding hydrogens is 318 g/mol. The summed E-state index contributed by atoms with van der Waals surface area (Å²) in [5, 5.41) is 0.772. The average molecular weight is 336 g/mol. The highest BCUT2D eigenvalue weighted by Gasteiger charge is 2.04. The summed E-state index contributed by atoms with van der Waals surface area (Å²) in [7, 11) is 4.16. The number of nitrogens with zero attached hydrogens (tertiary/aromatic N) is 1. The van der Waals surface area contributed by atoms with Gasteiger partial charge in [-0.1, -0.05) is 53.3 Å². The molecule has 0 amide bonds. The molecule has 1 nitrogen and oxygen atoms in total. The molecule has 2 aromatic carbocycles. The molecule has 0 bridgehead atoms. The van der Waals surface area contributed by atoms with Crippen LogP contribution in [0.15, 0.2) is 74.7 Å². The van der Waals surface area contributed by atoms with Gasteiger partial charge in [0, 0.05) is 25.6 Å². The zero-order valence-electron chi connectivity index (χ0n) is 12.1. The Labute approximate surface area is 140 Å². The van der Waals surface area contributed by atoms with Crippen molar-refractivity contribution in [2.75, 3.05) is 20.6 Å². The van der Waals surface area contributed by atoms with Gasteiger partial charge >= 0.3 is 0 Å². The van der Waals surface area contributed by atoms with Crippen LogP contribution in [0.4, 0.5) is 0 Å². The third-order valence-electron chi connectivity index (χ3n) is 2.62. The van der Waals surface area contributed by atoms with E-state index in [0.717, 1.165) is 11.6 Å². The minimum Gasteiger partial charge on any atom is -0.306 e. The highest BCUT2D eigenvalue weighted by Crippen LogP contribution is 2.39. The van der Waals surface area contributed by atoms with E-state index in [1.807, 2.05) is 18.2 Å². The molecule has 0 atom stereocenters. The molecule has 0 aliphatic heterocycles. The van der Waals surface area contributed by atoms with Crippen LogP contribution in [0.1, 0.15) is 0 Å². The van der Waals surface area contributed by atoms with Crippen molar-refractivity contribution in [3.05, 3.63) is 69.9 Å². The van der Waals surface area contributed by atoms with Gasteiger partial charge in [0.2, 0.25) is 0 Å². The van der Waals surface area contributed by atoms with Gasteiger partial charge in [-0.3, -0.25) is 0 Å². The van der Waals surface area contributed by atoms with Crippen molar-refractivity contribution in [3.63, 3.8) is 0 Å². The van der Waals surface area contributed by atoms with Crippen molar-refractivity contribution in [3.8, 4) is 0 Å². The van der Waals surface area contributed by atoms with Gasteiger partial charge in [0.1, 0.15) is 0 Å². The zero-order valence-corrected chi connectivity index (χ0v) is 14.5. The summed E-state index contributed by atoms with van der Waals surface area (Å²) in [6.07, 6.45) is 2.26. The Balaban J connectivity index is 2.12. The topological polar surface area (TPSA) is 3.24 Å². The van der Waals surface area contributed by atoms with Crippen molar-refractivity contribution in [2.24, 2.45) is 0 Å². The normalized spacial score (nSPS) is 11.9. The lowest BCUT2D eigenvalue weighted by atomic mass is 10.4. The standard InChI is InChI=1S/C17H18ClNS2/c1-19(2)13-12-17(20-15-6-4-3-5-7-15)21-16-10-8-14(18)9-11-16/h3-12H,13H2,1-2H3. The van der Waals surface area contributed by atoms with Gasteiger partial charge in [0.25, 0.3) is 0 Å². The van der Waals surface area contributed by atoms with Crippen LogP contribution in [0.3, 0.4) is 0 Å². The highest BCUT2D eigenvalue weighted by molar-refractivity contribution is 8.22. The van der Waals surface area contributed by atoms with Crippen LogP contribution < -0.4 is 0 Å². The van der Waals surface area contributed by atoms with Crippen LogP contribution in [0, 0.1) is 0 Å². The summed E-state index contributed by atoms with van der Waals surface area (Å²) in [4.78, 5) is 4.62. The molecule has 0 radical (unpaired) electrons. The van der Waals surface area contributed by atoms with Crippen LogP contribution >= 0.6 is 35.1 Å². The van der Waals surface area contributed by atoms with Crippen molar-refractivity contribution >= 4 is 35.1 Å². The number of hydrogen-bond acceptors (Lipinski definition) is 3. The van der Waals surface area contributed by atoms with E-state index in [0.29, 0.717) is 0 Å². The molecule has 110 valence electrons. The molecule has 0 aliphatic carbocycles. The lowest BCUT2D eigenvalue weighted by Gasteiger charge is -2.10. The van der Waals surface area contributed by atoms with Crippen molar-refractivity contribution in [1.29, 1.82) is 0 Å². The Hall–Kier alpha value is -0.870. The fourth-order valence-electron chi connectivity index (χ4n) is 1.58. The third-order valence-corrected chi connectivity index (χ3v) is 5.12. The summed E-state index contributed by atoms with van der Waals surface area (Å²) in [6, 6.07) is 18.4. The molecule has 0 aromatic heterocycles. The first kappa shape index (κ1) is 16.5. The first-order chi connectivity index (χ1) is 10.1. The Morgan fingerprint density at radius 1 is 0.952 bits per heavy atom. The molecule has 0 aliphatic rings. The second-order valence-corrected chi connectivity index (χ2v) is 7.68. The number of likely N-dealkylation sites (N-methyl/N-ethyl adjacent to an activating group) is 1. The molecule has 0 spiro atoms. The lowest BCUT2D eigenvalue weighted by Crippen LogP contribution is -2.10. The van der Waals surface area contributed by atoms with Gasteiger partial charge in [-0.2, -0.15) is 0 Å². The third kappa shape index (κ3) is 6.18. The quantitative estimate of drug-likeness (QED) is 0.630. The molecular formula is C17H18ClNS2. The summed E-state index contributed by atoms with van der Waals surface area (Å²) >= 11 is 9.51. The maximum absolute atomic E-state index is 5.94. The van der Waals surface area contributed by atoms with E-state index in [4.69, 9.17) is 11.6 Å². The number of benzene rings is 2. The zero-order chi connectivity index (χ0) is 15.1. The maximum Gasteiger partial charge on any atom is 0.0471 e. The number of hydrogen-bond donors (Lipinski definition) is 0. The maximum atomic E-state index is 5.94. The van der Waals surface area contributed by atoms with Crippen molar-refractivity contribution in [1.82, 2.24) is 4.90 Å².